The Morgan fingerprint density at radius 3 is 2.90 bits per heavy atom. The number of aromatic nitrogens is 2. The van der Waals surface area contributed by atoms with Crippen LogP contribution in [0, 0.1) is 0 Å². The van der Waals surface area contributed by atoms with Gasteiger partial charge in [0, 0.05) is 46.8 Å². The van der Waals surface area contributed by atoms with Gasteiger partial charge in [0.05, 0.1) is 6.54 Å². The number of benzene rings is 1. The van der Waals surface area contributed by atoms with Gasteiger partial charge >= 0.3 is 0 Å². The van der Waals surface area contributed by atoms with Crippen LogP contribution in [0.1, 0.15) is 22.8 Å². The van der Waals surface area contributed by atoms with Crippen molar-refractivity contribution in [2.24, 2.45) is 0 Å². The first-order chi connectivity index (χ1) is 10.0. The first-order valence-corrected chi connectivity index (χ1v) is 8.44. The van der Waals surface area contributed by atoms with Crippen LogP contribution in [0.25, 0.3) is 0 Å². The number of carbonyl (C=O) groups is 1. The molecule has 1 amide bonds. The minimum absolute atomic E-state index is 0.0265. The molecule has 2 atom stereocenters. The predicted octanol–water partition coefficient (Wildman–Crippen LogP) is 1.58. The molecule has 0 radical (unpaired) electrons. The Hall–Kier alpha value is -1.95. The van der Waals surface area contributed by atoms with Crippen LogP contribution in [0.2, 0.25) is 0 Å². The van der Waals surface area contributed by atoms with E-state index in [1.807, 2.05) is 31.3 Å². The highest BCUT2D eigenvalue weighted by molar-refractivity contribution is 7.83. The molecule has 0 saturated carbocycles. The van der Waals surface area contributed by atoms with E-state index in [2.05, 4.69) is 10.4 Å². The molecule has 0 aliphatic carbocycles. The lowest BCUT2D eigenvalue weighted by Gasteiger charge is -2.14. The van der Waals surface area contributed by atoms with Gasteiger partial charge in [-0.2, -0.15) is 5.10 Å². The molecule has 0 aliphatic rings. The fourth-order valence-corrected chi connectivity index (χ4v) is 2.73. The lowest BCUT2D eigenvalue weighted by molar-refractivity contribution is 0.0936. The Morgan fingerprint density at radius 2 is 2.24 bits per heavy atom. The molecule has 0 unspecified atom stereocenters. The third-order valence-electron chi connectivity index (χ3n) is 2.96. The Bertz CT molecular complexity index is 626. The molecule has 1 heterocycles. The Balaban J connectivity index is 1.97. The Morgan fingerprint density at radius 1 is 1.43 bits per heavy atom. The van der Waals surface area contributed by atoms with Gasteiger partial charge in [-0.15, -0.1) is 0 Å². The molecular weight excluding hydrogens is 286 g/mol. The maximum atomic E-state index is 12.2. The highest BCUT2D eigenvalue weighted by atomic mass is 32.2. The molecule has 0 spiro atoms. The summed E-state index contributed by atoms with van der Waals surface area (Å²) >= 11 is 0. The lowest BCUT2D eigenvalue weighted by atomic mass is 10.1. The summed E-state index contributed by atoms with van der Waals surface area (Å²) in [6, 6.07) is 9.07. The normalized spacial score (nSPS) is 13.6. The van der Waals surface area contributed by atoms with Crippen LogP contribution in [0.5, 0.6) is 0 Å². The maximum absolute atomic E-state index is 12.2. The molecule has 5 nitrogen and oxygen atoms in total. The van der Waals surface area contributed by atoms with E-state index in [4.69, 9.17) is 0 Å². The smallest absolute Gasteiger partial charge is 0.251 e. The number of rotatable bonds is 6. The first kappa shape index (κ1) is 15.4. The van der Waals surface area contributed by atoms with Crippen molar-refractivity contribution in [3.8, 4) is 0 Å². The first-order valence-electron chi connectivity index (χ1n) is 6.72. The molecule has 21 heavy (non-hydrogen) atoms. The van der Waals surface area contributed by atoms with Crippen molar-refractivity contribution in [1.82, 2.24) is 15.1 Å². The summed E-state index contributed by atoms with van der Waals surface area (Å²) in [5, 5.41) is 7.05. The van der Waals surface area contributed by atoms with Crippen LogP contribution in [0.15, 0.2) is 42.7 Å². The van der Waals surface area contributed by atoms with Gasteiger partial charge in [-0.1, -0.05) is 12.1 Å². The third kappa shape index (κ3) is 4.82. The number of nitrogens with one attached hydrogen (secondary N) is 1. The number of hydrogen-bond donors (Lipinski definition) is 1. The van der Waals surface area contributed by atoms with Crippen molar-refractivity contribution in [2.45, 2.75) is 25.3 Å². The molecule has 1 aromatic carbocycles. The van der Waals surface area contributed by atoms with E-state index in [9.17, 15) is 9.00 Å². The quantitative estimate of drug-likeness (QED) is 0.881. The summed E-state index contributed by atoms with van der Waals surface area (Å²) in [7, 11) is -0.914. The second-order valence-corrected chi connectivity index (χ2v) is 6.46. The zero-order valence-electron chi connectivity index (χ0n) is 12.2. The highest BCUT2D eigenvalue weighted by Crippen LogP contribution is 2.08. The molecule has 1 N–H and O–H groups in total. The summed E-state index contributed by atoms with van der Waals surface area (Å²) in [4.78, 5) is 12.2. The SMILES string of the molecule is C[C@H](Cn1cccn1)NC(=O)c1cccc(C[S@](C)=O)c1. The van der Waals surface area contributed by atoms with Crippen LogP contribution < -0.4 is 5.32 Å². The summed E-state index contributed by atoms with van der Waals surface area (Å²) < 4.78 is 13.0. The summed E-state index contributed by atoms with van der Waals surface area (Å²) in [5.41, 5.74) is 1.49. The highest BCUT2D eigenvalue weighted by Gasteiger charge is 2.11. The fourth-order valence-electron chi connectivity index (χ4n) is 2.08. The Kier molecular flexibility index (Phi) is 5.27. The van der Waals surface area contributed by atoms with Crippen LogP contribution >= 0.6 is 0 Å². The molecule has 2 aromatic rings. The van der Waals surface area contributed by atoms with Gasteiger partial charge in [-0.25, -0.2) is 0 Å². The van der Waals surface area contributed by atoms with E-state index in [1.165, 1.54) is 0 Å². The predicted molar refractivity (Wildman–Crippen MR) is 83.4 cm³/mol. The van der Waals surface area contributed by atoms with E-state index in [-0.39, 0.29) is 11.9 Å². The maximum Gasteiger partial charge on any atom is 0.251 e. The molecule has 1 aromatic heterocycles. The van der Waals surface area contributed by atoms with Gasteiger partial charge in [0.1, 0.15) is 0 Å². The van der Waals surface area contributed by atoms with Crippen molar-refractivity contribution in [3.05, 3.63) is 53.9 Å². The molecule has 0 aliphatic heterocycles. The van der Waals surface area contributed by atoms with Gasteiger partial charge in [0.15, 0.2) is 0 Å². The Labute approximate surface area is 126 Å². The van der Waals surface area contributed by atoms with Crippen molar-refractivity contribution in [1.29, 1.82) is 0 Å². The average Bonchev–Trinajstić information content (AvgIpc) is 2.90. The van der Waals surface area contributed by atoms with Gasteiger partial charge < -0.3 is 5.32 Å². The number of hydrogen-bond acceptors (Lipinski definition) is 3. The van der Waals surface area contributed by atoms with Crippen LogP contribution in [-0.2, 0) is 23.1 Å². The molecule has 6 heteroatoms. The standard InChI is InChI=1S/C15H19N3O2S/c1-12(10-18-8-4-7-16-18)17-15(19)14-6-3-5-13(9-14)11-21(2)20/h3-9,12H,10-11H2,1-2H3,(H,17,19)/t12-,21+/m1/s1. The largest absolute Gasteiger partial charge is 0.348 e. The second kappa shape index (κ2) is 7.17. The number of amides is 1. The van der Waals surface area contributed by atoms with Crippen molar-refractivity contribution in [3.63, 3.8) is 0 Å². The minimum Gasteiger partial charge on any atom is -0.348 e. The van der Waals surface area contributed by atoms with Crippen LogP contribution in [-0.4, -0.2) is 32.2 Å². The van der Waals surface area contributed by atoms with E-state index in [0.717, 1.165) is 5.56 Å². The van der Waals surface area contributed by atoms with Crippen LogP contribution in [0.3, 0.4) is 0 Å². The number of nitrogens with zero attached hydrogens (tertiary/aromatic N) is 2. The molecule has 0 bridgehead atoms. The molecule has 0 fully saturated rings. The molecule has 0 saturated heterocycles. The summed E-state index contributed by atoms with van der Waals surface area (Å²) in [6.07, 6.45) is 5.22. The van der Waals surface area contributed by atoms with E-state index in [0.29, 0.717) is 17.9 Å². The summed E-state index contributed by atoms with van der Waals surface area (Å²) in [6.45, 7) is 2.56. The van der Waals surface area contributed by atoms with Gasteiger partial charge in [-0.05, 0) is 30.7 Å². The fraction of sp³-hybridized carbons (Fsp3) is 0.333. The lowest BCUT2D eigenvalue weighted by Crippen LogP contribution is -2.35. The molecular formula is C15H19N3O2S. The monoisotopic (exact) mass is 305 g/mol. The number of carbonyl (C=O) groups excluding carboxylic acids is 1. The van der Waals surface area contributed by atoms with Crippen molar-refractivity contribution >= 4 is 16.7 Å². The van der Waals surface area contributed by atoms with Gasteiger partial charge in [-0.3, -0.25) is 13.7 Å². The molecule has 2 rings (SSSR count). The van der Waals surface area contributed by atoms with Gasteiger partial charge in [0.25, 0.3) is 5.91 Å². The van der Waals surface area contributed by atoms with E-state index >= 15 is 0 Å². The second-order valence-electron chi connectivity index (χ2n) is 5.02. The van der Waals surface area contributed by atoms with E-state index in [1.54, 1.807) is 29.3 Å². The minimum atomic E-state index is -0.914. The average molecular weight is 305 g/mol. The topological polar surface area (TPSA) is 64.0 Å². The van der Waals surface area contributed by atoms with Crippen LogP contribution in [0.4, 0.5) is 0 Å². The van der Waals surface area contributed by atoms with Gasteiger partial charge in [0.2, 0.25) is 0 Å². The van der Waals surface area contributed by atoms with E-state index < -0.39 is 10.8 Å². The van der Waals surface area contributed by atoms with Crippen molar-refractivity contribution < 1.29 is 9.00 Å². The zero-order valence-corrected chi connectivity index (χ0v) is 13.0. The van der Waals surface area contributed by atoms with Crippen molar-refractivity contribution in [2.75, 3.05) is 6.26 Å². The zero-order chi connectivity index (χ0) is 15.2. The summed E-state index contributed by atoms with van der Waals surface area (Å²) in [5.74, 6) is 0.336. The third-order valence-corrected chi connectivity index (χ3v) is 3.70. The molecule has 112 valence electrons.